The lowest BCUT2D eigenvalue weighted by Gasteiger charge is -2.36. The Balaban J connectivity index is 1.99. The van der Waals surface area contributed by atoms with Crippen LogP contribution in [0.3, 0.4) is 0 Å². The van der Waals surface area contributed by atoms with Crippen LogP contribution in [0.1, 0.15) is 64.7 Å². The maximum absolute atomic E-state index is 3.62. The van der Waals surface area contributed by atoms with E-state index >= 15 is 0 Å². The van der Waals surface area contributed by atoms with Crippen LogP contribution < -0.4 is 5.32 Å². The Bertz CT molecular complexity index is 256. The van der Waals surface area contributed by atoms with Gasteiger partial charge in [0.05, 0.1) is 0 Å². The third-order valence-electron chi connectivity index (χ3n) is 4.91. The molecule has 98 valence electrons. The second-order valence-electron chi connectivity index (χ2n) is 5.99. The largest absolute Gasteiger partial charge is 0.313 e. The smallest absolute Gasteiger partial charge is 0.0305 e. The van der Waals surface area contributed by atoms with Crippen molar-refractivity contribution < 1.29 is 0 Å². The van der Waals surface area contributed by atoms with Crippen LogP contribution >= 0.6 is 0 Å². The Labute approximate surface area is 107 Å². The van der Waals surface area contributed by atoms with Crippen LogP contribution in [-0.4, -0.2) is 13.1 Å². The van der Waals surface area contributed by atoms with Gasteiger partial charge in [-0.2, -0.15) is 0 Å². The van der Waals surface area contributed by atoms with Gasteiger partial charge in [-0.05, 0) is 57.4 Å². The fourth-order valence-electron chi connectivity index (χ4n) is 3.88. The SMILES string of the molecule is CCC1CCCC(C(NC)C2=CCCCC2)C1. The molecule has 0 aromatic rings. The summed E-state index contributed by atoms with van der Waals surface area (Å²) in [6.07, 6.45) is 15.2. The molecule has 3 unspecified atom stereocenters. The molecule has 0 aromatic carbocycles. The van der Waals surface area contributed by atoms with Gasteiger partial charge in [-0.3, -0.25) is 0 Å². The summed E-state index contributed by atoms with van der Waals surface area (Å²) < 4.78 is 0. The molecule has 1 heteroatoms. The van der Waals surface area contributed by atoms with E-state index in [1.54, 1.807) is 5.57 Å². The molecule has 0 radical (unpaired) electrons. The number of likely N-dealkylation sites (N-methyl/N-ethyl adjacent to an activating group) is 1. The van der Waals surface area contributed by atoms with Gasteiger partial charge < -0.3 is 5.32 Å². The molecule has 3 atom stereocenters. The molecule has 0 bridgehead atoms. The molecule has 2 rings (SSSR count). The molecule has 2 aliphatic carbocycles. The first-order valence-electron chi connectivity index (χ1n) is 7.71. The Morgan fingerprint density at radius 2 is 2.18 bits per heavy atom. The Hall–Kier alpha value is -0.300. The summed E-state index contributed by atoms with van der Waals surface area (Å²) in [5, 5.41) is 3.62. The number of hydrogen-bond donors (Lipinski definition) is 1. The Morgan fingerprint density at radius 1 is 1.29 bits per heavy atom. The first kappa shape index (κ1) is 13.1. The molecule has 0 aromatic heterocycles. The van der Waals surface area contributed by atoms with Crippen molar-refractivity contribution >= 4 is 0 Å². The fraction of sp³-hybridized carbons (Fsp3) is 0.875. The monoisotopic (exact) mass is 235 g/mol. The average molecular weight is 235 g/mol. The van der Waals surface area contributed by atoms with Gasteiger partial charge in [0.1, 0.15) is 0 Å². The van der Waals surface area contributed by atoms with E-state index in [0.29, 0.717) is 6.04 Å². The quantitative estimate of drug-likeness (QED) is 0.717. The highest BCUT2D eigenvalue weighted by atomic mass is 14.9. The summed E-state index contributed by atoms with van der Waals surface area (Å²) in [5.41, 5.74) is 1.72. The maximum atomic E-state index is 3.62. The summed E-state index contributed by atoms with van der Waals surface area (Å²) in [5.74, 6) is 1.90. The van der Waals surface area contributed by atoms with Gasteiger partial charge in [-0.15, -0.1) is 0 Å². The lowest BCUT2D eigenvalue weighted by atomic mass is 9.74. The van der Waals surface area contributed by atoms with Gasteiger partial charge in [0.2, 0.25) is 0 Å². The van der Waals surface area contributed by atoms with Crippen molar-refractivity contribution in [2.75, 3.05) is 7.05 Å². The minimum atomic E-state index is 0.685. The van der Waals surface area contributed by atoms with Crippen LogP contribution in [0.2, 0.25) is 0 Å². The highest BCUT2D eigenvalue weighted by molar-refractivity contribution is 5.15. The minimum Gasteiger partial charge on any atom is -0.313 e. The molecule has 17 heavy (non-hydrogen) atoms. The fourth-order valence-corrected chi connectivity index (χ4v) is 3.88. The van der Waals surface area contributed by atoms with Crippen LogP contribution in [-0.2, 0) is 0 Å². The van der Waals surface area contributed by atoms with Crippen molar-refractivity contribution in [2.45, 2.75) is 70.8 Å². The van der Waals surface area contributed by atoms with Gasteiger partial charge in [-0.1, -0.05) is 37.8 Å². The van der Waals surface area contributed by atoms with Crippen molar-refractivity contribution in [3.05, 3.63) is 11.6 Å². The van der Waals surface area contributed by atoms with Crippen molar-refractivity contribution in [2.24, 2.45) is 11.8 Å². The van der Waals surface area contributed by atoms with Gasteiger partial charge in [-0.25, -0.2) is 0 Å². The third-order valence-corrected chi connectivity index (χ3v) is 4.91. The van der Waals surface area contributed by atoms with E-state index in [2.05, 4.69) is 25.4 Å². The van der Waals surface area contributed by atoms with Gasteiger partial charge in [0.25, 0.3) is 0 Å². The van der Waals surface area contributed by atoms with E-state index in [4.69, 9.17) is 0 Å². The lowest BCUT2D eigenvalue weighted by Crippen LogP contribution is -2.38. The average Bonchev–Trinajstić information content (AvgIpc) is 2.41. The molecular formula is C16H29N. The molecule has 0 spiro atoms. The zero-order chi connectivity index (χ0) is 12.1. The zero-order valence-corrected chi connectivity index (χ0v) is 11.7. The second-order valence-corrected chi connectivity index (χ2v) is 5.99. The van der Waals surface area contributed by atoms with Crippen molar-refractivity contribution in [3.8, 4) is 0 Å². The third kappa shape index (κ3) is 3.34. The van der Waals surface area contributed by atoms with Gasteiger partial charge in [0.15, 0.2) is 0 Å². The molecule has 1 nitrogen and oxygen atoms in total. The maximum Gasteiger partial charge on any atom is 0.0305 e. The van der Waals surface area contributed by atoms with E-state index in [1.807, 2.05) is 0 Å². The molecule has 0 heterocycles. The molecule has 1 saturated carbocycles. The summed E-state index contributed by atoms with van der Waals surface area (Å²) in [6, 6.07) is 0.685. The molecule has 2 aliphatic rings. The number of rotatable bonds is 4. The van der Waals surface area contributed by atoms with E-state index in [1.165, 1.54) is 57.8 Å². The Morgan fingerprint density at radius 3 is 2.82 bits per heavy atom. The van der Waals surface area contributed by atoms with Crippen LogP contribution in [0.25, 0.3) is 0 Å². The normalized spacial score (nSPS) is 32.0. The summed E-state index contributed by atoms with van der Waals surface area (Å²) >= 11 is 0. The molecule has 0 saturated heterocycles. The Kier molecular flexibility index (Phi) is 5.09. The molecular weight excluding hydrogens is 206 g/mol. The van der Waals surface area contributed by atoms with Crippen molar-refractivity contribution in [3.63, 3.8) is 0 Å². The molecule has 1 fully saturated rings. The molecule has 0 aliphatic heterocycles. The van der Waals surface area contributed by atoms with E-state index in [9.17, 15) is 0 Å². The first-order chi connectivity index (χ1) is 8.35. The summed E-state index contributed by atoms with van der Waals surface area (Å²) in [6.45, 7) is 2.36. The van der Waals surface area contributed by atoms with E-state index in [0.717, 1.165) is 11.8 Å². The van der Waals surface area contributed by atoms with Crippen LogP contribution in [0.4, 0.5) is 0 Å². The zero-order valence-electron chi connectivity index (χ0n) is 11.7. The van der Waals surface area contributed by atoms with Crippen molar-refractivity contribution in [1.29, 1.82) is 0 Å². The first-order valence-corrected chi connectivity index (χ1v) is 7.71. The standard InChI is InChI=1S/C16H29N/c1-3-13-8-7-11-15(12-13)16(17-2)14-9-5-4-6-10-14/h9,13,15-17H,3-8,10-12H2,1-2H3. The van der Waals surface area contributed by atoms with Gasteiger partial charge in [0, 0.05) is 6.04 Å². The topological polar surface area (TPSA) is 12.0 Å². The molecule has 0 amide bonds. The minimum absolute atomic E-state index is 0.685. The van der Waals surface area contributed by atoms with Crippen LogP contribution in [0.15, 0.2) is 11.6 Å². The number of allylic oxidation sites excluding steroid dienone is 1. The highest BCUT2D eigenvalue weighted by Crippen LogP contribution is 2.36. The van der Waals surface area contributed by atoms with Crippen molar-refractivity contribution in [1.82, 2.24) is 5.32 Å². The predicted octanol–water partition coefficient (Wildman–Crippen LogP) is 4.29. The second kappa shape index (κ2) is 6.58. The van der Waals surface area contributed by atoms with Gasteiger partial charge >= 0.3 is 0 Å². The van der Waals surface area contributed by atoms with E-state index in [-0.39, 0.29) is 0 Å². The summed E-state index contributed by atoms with van der Waals surface area (Å²) in [4.78, 5) is 0. The van der Waals surface area contributed by atoms with E-state index < -0.39 is 0 Å². The lowest BCUT2D eigenvalue weighted by molar-refractivity contribution is 0.225. The predicted molar refractivity (Wildman–Crippen MR) is 75.1 cm³/mol. The number of nitrogens with one attached hydrogen (secondary N) is 1. The highest BCUT2D eigenvalue weighted by Gasteiger charge is 2.29. The van der Waals surface area contributed by atoms with Crippen LogP contribution in [0, 0.1) is 11.8 Å². The summed E-state index contributed by atoms with van der Waals surface area (Å²) in [7, 11) is 2.16. The molecule has 1 N–H and O–H groups in total. The number of hydrogen-bond acceptors (Lipinski definition) is 1. The van der Waals surface area contributed by atoms with Crippen LogP contribution in [0.5, 0.6) is 0 Å².